The lowest BCUT2D eigenvalue weighted by Gasteiger charge is -2.08. The van der Waals surface area contributed by atoms with Crippen molar-refractivity contribution in [1.29, 1.82) is 0 Å². The third-order valence-electron chi connectivity index (χ3n) is 1.40. The predicted octanol–water partition coefficient (Wildman–Crippen LogP) is -1.49. The van der Waals surface area contributed by atoms with E-state index < -0.39 is 18.6 Å². The first kappa shape index (κ1) is 13.3. The number of ether oxygens (including phenoxy) is 3. The second-order valence-electron chi connectivity index (χ2n) is 2.56. The zero-order valence-corrected chi connectivity index (χ0v) is 8.27. The molecule has 0 rings (SSSR count). The summed E-state index contributed by atoms with van der Waals surface area (Å²) in [4.78, 5) is 10.9. The Bertz CT molecular complexity index is 153. The van der Waals surface area contributed by atoms with Crippen molar-refractivity contribution in [2.45, 2.75) is 6.04 Å². The van der Waals surface area contributed by atoms with Crippen LogP contribution in [0.15, 0.2) is 0 Å². The summed E-state index contributed by atoms with van der Waals surface area (Å²) in [5.74, 6) is -0.622. The maximum Gasteiger partial charge on any atom is 0.325 e. The van der Waals surface area contributed by atoms with Gasteiger partial charge in [0, 0.05) is 7.11 Å². The maximum atomic E-state index is 10.9. The molecule has 84 valence electrons. The van der Waals surface area contributed by atoms with Crippen LogP contribution in [0.1, 0.15) is 0 Å². The molecule has 14 heavy (non-hydrogen) atoms. The smallest absolute Gasteiger partial charge is 0.325 e. The molecular formula is C8H17NO5. The fourth-order valence-electron chi connectivity index (χ4n) is 0.627. The van der Waals surface area contributed by atoms with E-state index in [9.17, 15) is 4.79 Å². The van der Waals surface area contributed by atoms with Gasteiger partial charge in [0.1, 0.15) is 12.6 Å². The minimum absolute atomic E-state index is 0.135. The summed E-state index contributed by atoms with van der Waals surface area (Å²) in [7, 11) is 1.57. The lowest BCUT2D eigenvalue weighted by Crippen LogP contribution is -2.36. The van der Waals surface area contributed by atoms with Crippen molar-refractivity contribution >= 4 is 5.97 Å². The van der Waals surface area contributed by atoms with Gasteiger partial charge in [0.15, 0.2) is 0 Å². The van der Waals surface area contributed by atoms with Gasteiger partial charge in [-0.25, -0.2) is 0 Å². The van der Waals surface area contributed by atoms with Gasteiger partial charge in [-0.15, -0.1) is 0 Å². The third-order valence-corrected chi connectivity index (χ3v) is 1.40. The highest BCUT2D eigenvalue weighted by Gasteiger charge is 2.12. The molecule has 0 aliphatic carbocycles. The zero-order valence-electron chi connectivity index (χ0n) is 8.27. The van der Waals surface area contributed by atoms with Gasteiger partial charge in [-0.2, -0.15) is 0 Å². The Morgan fingerprint density at radius 3 is 2.57 bits per heavy atom. The number of aliphatic hydroxyl groups is 1. The van der Waals surface area contributed by atoms with Gasteiger partial charge in [-0.05, 0) is 0 Å². The molecule has 0 saturated carbocycles. The largest absolute Gasteiger partial charge is 0.462 e. The Labute approximate surface area is 82.9 Å². The summed E-state index contributed by atoms with van der Waals surface area (Å²) in [6.45, 7) is 0.983. The van der Waals surface area contributed by atoms with Crippen LogP contribution in [0.4, 0.5) is 0 Å². The molecule has 6 heteroatoms. The van der Waals surface area contributed by atoms with E-state index in [0.29, 0.717) is 19.8 Å². The molecule has 0 amide bonds. The van der Waals surface area contributed by atoms with E-state index in [0.717, 1.165) is 0 Å². The Kier molecular flexibility index (Phi) is 8.45. The molecule has 0 radical (unpaired) electrons. The van der Waals surface area contributed by atoms with Gasteiger partial charge in [-0.1, -0.05) is 0 Å². The molecule has 0 saturated heterocycles. The number of esters is 1. The Morgan fingerprint density at radius 1 is 1.36 bits per heavy atom. The Hall–Kier alpha value is -0.690. The third kappa shape index (κ3) is 6.79. The van der Waals surface area contributed by atoms with E-state index in [4.69, 9.17) is 20.3 Å². The first-order valence-corrected chi connectivity index (χ1v) is 4.32. The van der Waals surface area contributed by atoms with Crippen molar-refractivity contribution in [1.82, 2.24) is 0 Å². The number of aliphatic hydroxyl groups excluding tert-OH is 1. The van der Waals surface area contributed by atoms with Crippen molar-refractivity contribution in [3.63, 3.8) is 0 Å². The molecule has 0 aliphatic rings. The van der Waals surface area contributed by atoms with E-state index in [-0.39, 0.29) is 6.61 Å². The Morgan fingerprint density at radius 2 is 2.00 bits per heavy atom. The molecule has 3 N–H and O–H groups in total. The van der Waals surface area contributed by atoms with Crippen LogP contribution in [0.25, 0.3) is 0 Å². The number of carbonyl (C=O) groups excluding carboxylic acids is 1. The molecule has 0 aromatic carbocycles. The minimum Gasteiger partial charge on any atom is -0.462 e. The van der Waals surface area contributed by atoms with Gasteiger partial charge >= 0.3 is 5.97 Å². The summed E-state index contributed by atoms with van der Waals surface area (Å²) in [6, 6.07) is -0.964. The standard InChI is InChI=1S/C8H17NO5/c1-12-2-3-13-4-5-14-8(11)7(9)6-10/h7,10H,2-6,9H2,1H3/t7-/m1/s1. The number of hydrogen-bond donors (Lipinski definition) is 2. The SMILES string of the molecule is COCCOCCOC(=O)[C@H](N)CO. The second-order valence-corrected chi connectivity index (χ2v) is 2.56. The minimum atomic E-state index is -0.964. The van der Waals surface area contributed by atoms with Crippen molar-refractivity contribution in [3.05, 3.63) is 0 Å². The van der Waals surface area contributed by atoms with Crippen LogP contribution < -0.4 is 5.73 Å². The molecule has 6 nitrogen and oxygen atoms in total. The Balaban J connectivity index is 3.23. The number of nitrogens with two attached hydrogens (primary N) is 1. The fourth-order valence-corrected chi connectivity index (χ4v) is 0.627. The van der Waals surface area contributed by atoms with Crippen LogP contribution in [0.2, 0.25) is 0 Å². The number of hydrogen-bond acceptors (Lipinski definition) is 6. The van der Waals surface area contributed by atoms with Crippen LogP contribution in [-0.2, 0) is 19.0 Å². The lowest BCUT2D eigenvalue weighted by molar-refractivity contribution is -0.147. The van der Waals surface area contributed by atoms with E-state index in [2.05, 4.69) is 4.74 Å². The first-order valence-electron chi connectivity index (χ1n) is 4.32. The maximum absolute atomic E-state index is 10.9. The van der Waals surface area contributed by atoms with Crippen LogP contribution >= 0.6 is 0 Å². The fraction of sp³-hybridized carbons (Fsp3) is 0.875. The summed E-state index contributed by atoms with van der Waals surface area (Å²) >= 11 is 0. The summed E-state index contributed by atoms with van der Waals surface area (Å²) in [5, 5.41) is 8.50. The highest BCUT2D eigenvalue weighted by molar-refractivity contribution is 5.75. The average molecular weight is 207 g/mol. The molecular weight excluding hydrogens is 190 g/mol. The first-order chi connectivity index (χ1) is 6.72. The molecule has 0 aliphatic heterocycles. The van der Waals surface area contributed by atoms with Crippen LogP contribution in [0, 0.1) is 0 Å². The van der Waals surface area contributed by atoms with Gasteiger partial charge in [0.2, 0.25) is 0 Å². The van der Waals surface area contributed by atoms with Gasteiger partial charge in [-0.3, -0.25) is 4.79 Å². The molecule has 0 aromatic rings. The zero-order chi connectivity index (χ0) is 10.8. The number of rotatable bonds is 8. The van der Waals surface area contributed by atoms with Crippen LogP contribution in [0.5, 0.6) is 0 Å². The monoisotopic (exact) mass is 207 g/mol. The van der Waals surface area contributed by atoms with E-state index in [1.165, 1.54) is 0 Å². The molecule has 0 heterocycles. The number of methoxy groups -OCH3 is 1. The normalized spacial score (nSPS) is 12.5. The predicted molar refractivity (Wildman–Crippen MR) is 48.7 cm³/mol. The topological polar surface area (TPSA) is 91.0 Å². The molecule has 0 unspecified atom stereocenters. The molecule has 0 aromatic heterocycles. The highest BCUT2D eigenvalue weighted by atomic mass is 16.6. The van der Waals surface area contributed by atoms with Gasteiger partial charge in [0.25, 0.3) is 0 Å². The quantitative estimate of drug-likeness (QED) is 0.372. The molecule has 1 atom stereocenters. The molecule has 0 fully saturated rings. The average Bonchev–Trinajstić information content (AvgIpc) is 2.21. The van der Waals surface area contributed by atoms with E-state index >= 15 is 0 Å². The van der Waals surface area contributed by atoms with E-state index in [1.54, 1.807) is 7.11 Å². The van der Waals surface area contributed by atoms with Gasteiger partial charge in [0.05, 0.1) is 26.4 Å². The van der Waals surface area contributed by atoms with Crippen LogP contribution in [0.3, 0.4) is 0 Å². The number of carbonyl (C=O) groups is 1. The van der Waals surface area contributed by atoms with Crippen molar-refractivity contribution in [3.8, 4) is 0 Å². The van der Waals surface area contributed by atoms with Gasteiger partial charge < -0.3 is 25.1 Å². The van der Waals surface area contributed by atoms with Crippen molar-refractivity contribution in [2.75, 3.05) is 40.1 Å². The molecule has 0 spiro atoms. The van der Waals surface area contributed by atoms with Crippen LogP contribution in [-0.4, -0.2) is 57.3 Å². The highest BCUT2D eigenvalue weighted by Crippen LogP contribution is 1.85. The van der Waals surface area contributed by atoms with Crippen molar-refractivity contribution < 1.29 is 24.1 Å². The molecule has 0 bridgehead atoms. The second kappa shape index (κ2) is 8.89. The summed E-state index contributed by atoms with van der Waals surface area (Å²) < 4.78 is 14.5. The van der Waals surface area contributed by atoms with Crippen molar-refractivity contribution in [2.24, 2.45) is 5.73 Å². The summed E-state index contributed by atoms with van der Waals surface area (Å²) in [6.07, 6.45) is 0. The lowest BCUT2D eigenvalue weighted by atomic mass is 10.3. The van der Waals surface area contributed by atoms with E-state index in [1.807, 2.05) is 0 Å². The summed E-state index contributed by atoms with van der Waals surface area (Å²) in [5.41, 5.74) is 5.19.